The second-order valence-electron chi connectivity index (χ2n) is 13.4. The predicted octanol–water partition coefficient (Wildman–Crippen LogP) is 2.86. The van der Waals surface area contributed by atoms with Crippen LogP contribution < -0.4 is 16.4 Å². The summed E-state index contributed by atoms with van der Waals surface area (Å²) in [5, 5.41) is 23.5. The minimum atomic E-state index is -0.649. The number of ether oxygens (including phenoxy) is 2. The molecule has 0 saturated heterocycles. The van der Waals surface area contributed by atoms with Crippen LogP contribution in [0.4, 0.5) is 0 Å². The molecule has 0 saturated carbocycles. The van der Waals surface area contributed by atoms with Crippen LogP contribution in [0.15, 0.2) is 48.5 Å². The number of hydrogen-bond donors (Lipinski definition) is 5. The highest BCUT2D eigenvalue weighted by Crippen LogP contribution is 2.18. The molecule has 0 bridgehead atoms. The van der Waals surface area contributed by atoms with Crippen LogP contribution in [0, 0.1) is 17.8 Å². The standard InChI is InChI=1S/C23H35NO6.C16H24N2O3/c1-16(2)21(14-20(26)9-10-30-12-11-29-4)23(28)24-17(3)22(27)13-18-5-7-19(15-25)8-6-18;1-10(2)15(17)16(21)18-11(3)14(20)8-12-4-6-13(9-19)7-5-12/h5-8,16-17,21,25H,9-15H2,1-4H3,(H,24,28);4-7,10-11,15,19H,8-9,17H2,1-3H3,(H,18,21)/t17-,21-;11-,15-/m00/s1. The number of Topliss-reactive ketones (excluding diaryl/α,β-unsaturated/α-hetero) is 3. The average molecular weight is 714 g/mol. The van der Waals surface area contributed by atoms with Crippen molar-refractivity contribution in [3.8, 4) is 0 Å². The number of methoxy groups -OCH3 is 1. The zero-order chi connectivity index (χ0) is 38.5. The fourth-order valence-electron chi connectivity index (χ4n) is 4.74. The molecule has 0 unspecified atom stereocenters. The highest BCUT2D eigenvalue weighted by Gasteiger charge is 2.27. The average Bonchev–Trinajstić information content (AvgIpc) is 3.10. The SMILES string of the molecule is CC(C)[C@H](N)C(=O)N[C@@H](C)C(=O)Cc1ccc(CO)cc1.COCCOCCC(=O)C[C@H](C(=O)N[C@@H](C)C(=O)Cc1ccc(CO)cc1)C(C)C. The number of aliphatic hydroxyl groups excluding tert-OH is 2. The summed E-state index contributed by atoms with van der Waals surface area (Å²) >= 11 is 0. The number of carbonyl (C=O) groups is 5. The fourth-order valence-corrected chi connectivity index (χ4v) is 4.74. The minimum Gasteiger partial charge on any atom is -0.392 e. The first-order chi connectivity index (χ1) is 24.1. The number of carbonyl (C=O) groups excluding carboxylic acids is 5. The van der Waals surface area contributed by atoms with Gasteiger partial charge in [0.05, 0.1) is 51.2 Å². The maximum atomic E-state index is 12.7. The lowest BCUT2D eigenvalue weighted by molar-refractivity contribution is -0.133. The molecule has 2 aromatic carbocycles. The van der Waals surface area contributed by atoms with Crippen LogP contribution in [0.2, 0.25) is 0 Å². The summed E-state index contributed by atoms with van der Waals surface area (Å²) in [7, 11) is 1.58. The Balaban J connectivity index is 0.000000543. The Hall–Kier alpha value is -3.81. The number of rotatable bonds is 22. The van der Waals surface area contributed by atoms with E-state index in [2.05, 4.69) is 10.6 Å². The first kappa shape index (κ1) is 45.2. The molecule has 51 heavy (non-hydrogen) atoms. The van der Waals surface area contributed by atoms with Crippen LogP contribution >= 0.6 is 0 Å². The van der Waals surface area contributed by atoms with Crippen molar-refractivity contribution in [3.05, 3.63) is 70.8 Å². The Kier molecular flexibility index (Phi) is 21.6. The largest absolute Gasteiger partial charge is 0.392 e. The van der Waals surface area contributed by atoms with Crippen LogP contribution in [0.1, 0.15) is 76.6 Å². The molecular formula is C39H59N3O9. The lowest BCUT2D eigenvalue weighted by Crippen LogP contribution is -2.49. The Bertz CT molecular complexity index is 1360. The summed E-state index contributed by atoms with van der Waals surface area (Å²) in [4.78, 5) is 61.3. The maximum absolute atomic E-state index is 12.7. The van der Waals surface area contributed by atoms with Crippen LogP contribution in [0.3, 0.4) is 0 Å². The quantitative estimate of drug-likeness (QED) is 0.113. The molecule has 284 valence electrons. The van der Waals surface area contributed by atoms with E-state index in [1.165, 1.54) is 0 Å². The second-order valence-corrected chi connectivity index (χ2v) is 13.4. The van der Waals surface area contributed by atoms with Gasteiger partial charge in [0.15, 0.2) is 11.6 Å². The van der Waals surface area contributed by atoms with Crippen LogP contribution in [0.5, 0.6) is 0 Å². The number of ketones is 3. The molecule has 2 aromatic rings. The summed E-state index contributed by atoms with van der Waals surface area (Å²) < 4.78 is 10.2. The summed E-state index contributed by atoms with van der Waals surface area (Å²) in [6.45, 7) is 12.0. The van der Waals surface area contributed by atoms with E-state index >= 15 is 0 Å². The van der Waals surface area contributed by atoms with E-state index in [0.29, 0.717) is 19.8 Å². The number of aliphatic hydroxyl groups is 2. The molecule has 0 aromatic heterocycles. The summed E-state index contributed by atoms with van der Waals surface area (Å²) in [5.41, 5.74) is 9.00. The van der Waals surface area contributed by atoms with Crippen molar-refractivity contribution in [2.24, 2.45) is 23.5 Å². The maximum Gasteiger partial charge on any atom is 0.237 e. The van der Waals surface area contributed by atoms with Crippen molar-refractivity contribution in [3.63, 3.8) is 0 Å². The summed E-state index contributed by atoms with van der Waals surface area (Å²) in [5.74, 6) is -1.30. The normalized spacial score (nSPS) is 13.4. The Morgan fingerprint density at radius 3 is 1.47 bits per heavy atom. The Morgan fingerprint density at radius 2 is 1.08 bits per heavy atom. The molecular weight excluding hydrogens is 654 g/mol. The third-order valence-electron chi connectivity index (χ3n) is 8.42. The van der Waals surface area contributed by atoms with E-state index in [4.69, 9.17) is 25.4 Å². The predicted molar refractivity (Wildman–Crippen MR) is 195 cm³/mol. The summed E-state index contributed by atoms with van der Waals surface area (Å²) in [6.07, 6.45) is 0.806. The molecule has 0 aliphatic carbocycles. The molecule has 0 spiro atoms. The first-order valence-corrected chi connectivity index (χ1v) is 17.5. The molecule has 12 heteroatoms. The minimum absolute atomic E-state index is 0.0201. The zero-order valence-corrected chi connectivity index (χ0v) is 31.3. The van der Waals surface area contributed by atoms with E-state index < -0.39 is 24.0 Å². The van der Waals surface area contributed by atoms with Crippen molar-refractivity contribution in [1.29, 1.82) is 0 Å². The smallest absolute Gasteiger partial charge is 0.237 e. The number of nitrogens with one attached hydrogen (secondary N) is 2. The van der Waals surface area contributed by atoms with Crippen molar-refractivity contribution < 1.29 is 43.7 Å². The van der Waals surface area contributed by atoms with E-state index in [9.17, 15) is 24.0 Å². The topological polar surface area (TPSA) is 194 Å². The number of benzene rings is 2. The molecule has 6 N–H and O–H groups in total. The van der Waals surface area contributed by atoms with Gasteiger partial charge < -0.3 is 36.1 Å². The van der Waals surface area contributed by atoms with Gasteiger partial charge in [-0.1, -0.05) is 76.2 Å². The molecule has 2 amide bonds. The first-order valence-electron chi connectivity index (χ1n) is 17.5. The highest BCUT2D eigenvalue weighted by molar-refractivity contribution is 5.93. The zero-order valence-electron chi connectivity index (χ0n) is 31.3. The van der Waals surface area contributed by atoms with E-state index in [0.717, 1.165) is 22.3 Å². The molecule has 4 atom stereocenters. The van der Waals surface area contributed by atoms with Crippen molar-refractivity contribution >= 4 is 29.2 Å². The number of nitrogens with two attached hydrogens (primary N) is 1. The van der Waals surface area contributed by atoms with Gasteiger partial charge in [0, 0.05) is 38.7 Å². The van der Waals surface area contributed by atoms with Crippen molar-refractivity contribution in [1.82, 2.24) is 10.6 Å². The molecule has 12 nitrogen and oxygen atoms in total. The molecule has 0 radical (unpaired) electrons. The third kappa shape index (κ3) is 17.8. The fraction of sp³-hybridized carbons (Fsp3) is 0.564. The van der Waals surface area contributed by atoms with Gasteiger partial charge in [-0.15, -0.1) is 0 Å². The van der Waals surface area contributed by atoms with Gasteiger partial charge >= 0.3 is 0 Å². The van der Waals surface area contributed by atoms with Crippen LogP contribution in [-0.2, 0) is 59.5 Å². The Labute approximate surface area is 302 Å². The number of hydrogen-bond acceptors (Lipinski definition) is 10. The number of amides is 2. The van der Waals surface area contributed by atoms with Crippen molar-refractivity contribution in [2.75, 3.05) is 26.9 Å². The molecule has 0 aliphatic rings. The Morgan fingerprint density at radius 1 is 0.647 bits per heavy atom. The highest BCUT2D eigenvalue weighted by atomic mass is 16.5. The van der Waals surface area contributed by atoms with E-state index in [1.54, 1.807) is 69.5 Å². The molecule has 2 rings (SSSR count). The lowest BCUT2D eigenvalue weighted by atomic mass is 9.88. The van der Waals surface area contributed by atoms with Gasteiger partial charge in [0.25, 0.3) is 0 Å². The van der Waals surface area contributed by atoms with Crippen molar-refractivity contribution in [2.45, 2.75) is 98.6 Å². The van der Waals surface area contributed by atoms with Crippen LogP contribution in [-0.4, -0.2) is 84.4 Å². The second kappa shape index (κ2) is 24.4. The van der Waals surface area contributed by atoms with E-state index in [1.807, 2.05) is 27.7 Å². The van der Waals surface area contributed by atoms with Gasteiger partial charge in [-0.25, -0.2) is 0 Å². The van der Waals surface area contributed by atoms with Gasteiger partial charge in [-0.05, 0) is 47.9 Å². The third-order valence-corrected chi connectivity index (χ3v) is 8.42. The molecule has 0 fully saturated rings. The van der Waals surface area contributed by atoms with Crippen LogP contribution in [0.25, 0.3) is 0 Å². The van der Waals surface area contributed by atoms with Gasteiger partial charge in [0.1, 0.15) is 5.78 Å². The lowest BCUT2D eigenvalue weighted by Gasteiger charge is -2.22. The summed E-state index contributed by atoms with van der Waals surface area (Å²) in [6, 6.07) is 12.5. The van der Waals surface area contributed by atoms with Gasteiger partial charge in [-0.2, -0.15) is 0 Å². The monoisotopic (exact) mass is 713 g/mol. The van der Waals surface area contributed by atoms with Gasteiger partial charge in [-0.3, -0.25) is 24.0 Å². The van der Waals surface area contributed by atoms with E-state index in [-0.39, 0.29) is 79.9 Å². The molecule has 0 aliphatic heterocycles. The molecule has 0 heterocycles. The van der Waals surface area contributed by atoms with Gasteiger partial charge in [0.2, 0.25) is 11.8 Å².